The van der Waals surface area contributed by atoms with Gasteiger partial charge in [-0.3, -0.25) is 14.6 Å². The Bertz CT molecular complexity index is 944. The zero-order chi connectivity index (χ0) is 21.0. The molecule has 1 saturated carbocycles. The number of aromatic amines is 2. The Hall–Kier alpha value is -1.94. The number of nitrogens with one attached hydrogen (secondary N) is 3. The summed E-state index contributed by atoms with van der Waals surface area (Å²) >= 11 is 0. The van der Waals surface area contributed by atoms with Gasteiger partial charge < -0.3 is 10.3 Å². The lowest BCUT2D eigenvalue weighted by molar-refractivity contribution is -0.126. The highest BCUT2D eigenvalue weighted by Crippen LogP contribution is 2.24. The van der Waals surface area contributed by atoms with E-state index in [1.54, 1.807) is 0 Å². The summed E-state index contributed by atoms with van der Waals surface area (Å²) in [6.07, 6.45) is 8.92. The van der Waals surface area contributed by atoms with Crippen LogP contribution in [0.5, 0.6) is 0 Å². The number of aromatic nitrogens is 2. The first-order valence-electron chi connectivity index (χ1n) is 10.4. The average Bonchev–Trinajstić information content (AvgIpc) is 2.62. The van der Waals surface area contributed by atoms with E-state index in [0.29, 0.717) is 12.8 Å². The van der Waals surface area contributed by atoms with Crippen LogP contribution in [0.25, 0.3) is 0 Å². The Labute approximate surface area is 170 Å². The van der Waals surface area contributed by atoms with Gasteiger partial charge >= 0.3 is 5.69 Å². The summed E-state index contributed by atoms with van der Waals surface area (Å²) in [4.78, 5) is 40.1. The predicted octanol–water partition coefficient (Wildman–Crippen LogP) is 1.00. The molecule has 29 heavy (non-hydrogen) atoms. The summed E-state index contributed by atoms with van der Waals surface area (Å²) in [7, 11) is -4.11. The van der Waals surface area contributed by atoms with Crippen molar-refractivity contribution in [3.8, 4) is 0 Å². The Morgan fingerprint density at radius 2 is 1.66 bits per heavy atom. The molecular formula is C19H30N4O5S. The van der Waals surface area contributed by atoms with E-state index in [9.17, 15) is 22.8 Å². The van der Waals surface area contributed by atoms with Gasteiger partial charge in [0.25, 0.3) is 5.56 Å². The number of aryl methyl sites for hydroxylation is 1. The summed E-state index contributed by atoms with van der Waals surface area (Å²) < 4.78 is 27.3. The summed E-state index contributed by atoms with van der Waals surface area (Å²) in [6, 6.07) is 0.152. The van der Waals surface area contributed by atoms with Gasteiger partial charge in [-0.15, -0.1) is 0 Å². The molecule has 0 radical (unpaired) electrons. The number of rotatable bonds is 4. The first kappa shape index (κ1) is 21.8. The Morgan fingerprint density at radius 3 is 2.31 bits per heavy atom. The normalized spacial score (nSPS) is 22.6. The third-order valence-corrected chi connectivity index (χ3v) is 7.90. The van der Waals surface area contributed by atoms with Crippen LogP contribution in [0.1, 0.15) is 63.5 Å². The van der Waals surface area contributed by atoms with Crippen molar-refractivity contribution in [1.82, 2.24) is 19.6 Å². The average molecular weight is 427 g/mol. The molecule has 2 aliphatic rings. The first-order valence-corrected chi connectivity index (χ1v) is 11.9. The molecule has 1 aliphatic carbocycles. The number of hydrogen-bond donors (Lipinski definition) is 3. The van der Waals surface area contributed by atoms with Crippen LogP contribution in [0.3, 0.4) is 0 Å². The molecule has 9 nitrogen and oxygen atoms in total. The van der Waals surface area contributed by atoms with Gasteiger partial charge in [0.2, 0.25) is 15.9 Å². The largest absolute Gasteiger partial charge is 0.353 e. The molecule has 0 bridgehead atoms. The van der Waals surface area contributed by atoms with Gasteiger partial charge in [-0.25, -0.2) is 13.2 Å². The van der Waals surface area contributed by atoms with Gasteiger partial charge in [-0.1, -0.05) is 32.1 Å². The SMILES string of the molecule is Cc1[nH]c(=O)[nH]c(=O)c1S(=O)(=O)N1CCCC(C(=O)NC2CCCCCCC2)C1. The molecule has 2 fully saturated rings. The number of nitrogens with zero attached hydrogens (tertiary/aromatic N) is 1. The summed E-state index contributed by atoms with van der Waals surface area (Å²) in [5.74, 6) is -0.548. The fraction of sp³-hybridized carbons (Fsp3) is 0.737. The van der Waals surface area contributed by atoms with Gasteiger partial charge in [0.1, 0.15) is 0 Å². The van der Waals surface area contributed by atoms with Crippen LogP contribution in [-0.4, -0.2) is 47.7 Å². The van der Waals surface area contributed by atoms with Crippen LogP contribution in [-0.2, 0) is 14.8 Å². The fourth-order valence-electron chi connectivity index (χ4n) is 4.32. The van der Waals surface area contributed by atoms with E-state index >= 15 is 0 Å². The molecule has 3 rings (SSSR count). The lowest BCUT2D eigenvalue weighted by Crippen LogP contribution is -2.48. The lowest BCUT2D eigenvalue weighted by Gasteiger charge is -2.32. The Kier molecular flexibility index (Phi) is 6.94. The van der Waals surface area contributed by atoms with E-state index in [-0.39, 0.29) is 30.7 Å². The van der Waals surface area contributed by atoms with E-state index in [1.165, 1.54) is 30.5 Å². The molecule has 1 aromatic heterocycles. The molecule has 10 heteroatoms. The van der Waals surface area contributed by atoms with E-state index in [2.05, 4.69) is 10.3 Å². The topological polar surface area (TPSA) is 132 Å². The summed E-state index contributed by atoms with van der Waals surface area (Å²) in [5.41, 5.74) is -1.69. The van der Waals surface area contributed by atoms with Crippen LogP contribution in [0.15, 0.2) is 14.5 Å². The van der Waals surface area contributed by atoms with Crippen molar-refractivity contribution in [1.29, 1.82) is 0 Å². The standard InChI is InChI=1S/C19H30N4O5S/c1-13-16(18(25)22-19(26)20-13)29(27,28)23-11-7-8-14(12-23)17(24)21-15-9-5-3-2-4-6-10-15/h14-15H,2-12H2,1H3,(H,21,24)(H2,20,22,25,26). The van der Waals surface area contributed by atoms with Crippen molar-refractivity contribution in [3.05, 3.63) is 26.5 Å². The molecular weight excluding hydrogens is 396 g/mol. The second-order valence-electron chi connectivity index (χ2n) is 8.12. The predicted molar refractivity (Wildman–Crippen MR) is 108 cm³/mol. The third kappa shape index (κ3) is 5.16. The van der Waals surface area contributed by atoms with Crippen LogP contribution in [0.4, 0.5) is 0 Å². The van der Waals surface area contributed by atoms with Crippen LogP contribution in [0, 0.1) is 12.8 Å². The van der Waals surface area contributed by atoms with E-state index in [0.717, 1.165) is 25.7 Å². The third-order valence-electron chi connectivity index (χ3n) is 5.88. The minimum absolute atomic E-state index is 0.000143. The number of hydrogen-bond acceptors (Lipinski definition) is 5. The molecule has 1 unspecified atom stereocenters. The number of carbonyl (C=O) groups excluding carboxylic acids is 1. The minimum Gasteiger partial charge on any atom is -0.353 e. The van der Waals surface area contributed by atoms with E-state index in [4.69, 9.17) is 0 Å². The van der Waals surface area contributed by atoms with Crippen molar-refractivity contribution in [2.75, 3.05) is 13.1 Å². The number of piperidine rings is 1. The number of H-pyrrole nitrogens is 2. The van der Waals surface area contributed by atoms with E-state index in [1.807, 2.05) is 4.98 Å². The zero-order valence-electron chi connectivity index (χ0n) is 16.8. The van der Waals surface area contributed by atoms with Crippen molar-refractivity contribution in [3.63, 3.8) is 0 Å². The van der Waals surface area contributed by atoms with Crippen molar-refractivity contribution in [2.24, 2.45) is 5.92 Å². The lowest BCUT2D eigenvalue weighted by atomic mass is 9.94. The molecule has 1 aromatic rings. The maximum absolute atomic E-state index is 13.0. The van der Waals surface area contributed by atoms with Crippen molar-refractivity contribution < 1.29 is 13.2 Å². The second-order valence-corrected chi connectivity index (χ2v) is 9.99. The Balaban J connectivity index is 1.72. The minimum atomic E-state index is -4.11. The number of sulfonamides is 1. The molecule has 1 amide bonds. The monoisotopic (exact) mass is 426 g/mol. The molecule has 1 saturated heterocycles. The molecule has 1 aliphatic heterocycles. The summed E-state index contributed by atoms with van der Waals surface area (Å²) in [6.45, 7) is 1.67. The molecule has 3 N–H and O–H groups in total. The van der Waals surface area contributed by atoms with Gasteiger partial charge in [0.15, 0.2) is 4.90 Å². The number of carbonyl (C=O) groups is 1. The molecule has 0 aromatic carbocycles. The quantitative estimate of drug-likeness (QED) is 0.661. The zero-order valence-corrected chi connectivity index (χ0v) is 17.6. The van der Waals surface area contributed by atoms with Crippen molar-refractivity contribution in [2.45, 2.75) is 75.6 Å². The maximum Gasteiger partial charge on any atom is 0.325 e. The van der Waals surface area contributed by atoms with Gasteiger partial charge in [0, 0.05) is 24.8 Å². The maximum atomic E-state index is 13.0. The van der Waals surface area contributed by atoms with Crippen LogP contribution < -0.4 is 16.6 Å². The first-order chi connectivity index (χ1) is 13.8. The summed E-state index contributed by atoms with van der Waals surface area (Å²) in [5, 5.41) is 3.12. The van der Waals surface area contributed by atoms with Gasteiger partial charge in [-0.05, 0) is 32.6 Å². The Morgan fingerprint density at radius 1 is 1.00 bits per heavy atom. The van der Waals surface area contributed by atoms with Crippen molar-refractivity contribution >= 4 is 15.9 Å². The highest BCUT2D eigenvalue weighted by atomic mass is 32.2. The van der Waals surface area contributed by atoms with Gasteiger partial charge in [0.05, 0.1) is 5.92 Å². The second kappa shape index (κ2) is 9.25. The number of amides is 1. The molecule has 2 heterocycles. The highest BCUT2D eigenvalue weighted by Gasteiger charge is 2.36. The smallest absolute Gasteiger partial charge is 0.325 e. The van der Waals surface area contributed by atoms with Gasteiger partial charge in [-0.2, -0.15) is 4.31 Å². The van der Waals surface area contributed by atoms with E-state index < -0.39 is 32.1 Å². The van der Waals surface area contributed by atoms with Crippen LogP contribution >= 0.6 is 0 Å². The molecule has 162 valence electrons. The fourth-order valence-corrected chi connectivity index (χ4v) is 6.05. The molecule has 0 spiro atoms. The van der Waals surface area contributed by atoms with Crippen LogP contribution in [0.2, 0.25) is 0 Å². The molecule has 1 atom stereocenters. The highest BCUT2D eigenvalue weighted by molar-refractivity contribution is 7.89.